The summed E-state index contributed by atoms with van der Waals surface area (Å²) in [6.45, 7) is 3.98. The molecule has 4 amide bonds. The summed E-state index contributed by atoms with van der Waals surface area (Å²) in [6.07, 6.45) is -5.81. The standard InChI is InChI=1S/C49H57N5O18/c1-22(55)8-6-11-34(57)52-30-17-37(71-24(3)42(30)61)72-33-19-49(68,18-29-39(33)46(65)41-40(44(29)63)43(62)28-9-7-10-32(69-5)38(28)45(41)64)25(4)54-70-21-35(58)51-23(2)47(66)53-31(48(67)50-20-36(59)60)16-26-12-14-27(56)15-13-26/h7,9-10,12-15,23-24,30-31,33,37,42,56,61,63,65,68H,6,8,11,16-21H2,1-5H3,(H,50,67)(H,51,58)(H,52,57)(H,53,66)(H,59,60)/b54-25+/t23-,24-,30-,31-,33-,37-,42+,49-/m0/s1. The number of aliphatic hydroxyl groups is 2. The maximum atomic E-state index is 14.2. The first kappa shape index (κ1) is 53.9. The van der Waals surface area contributed by atoms with Crippen LogP contribution in [-0.2, 0) is 55.9 Å². The third-order valence-electron chi connectivity index (χ3n) is 12.6. The van der Waals surface area contributed by atoms with Gasteiger partial charge in [0.15, 0.2) is 18.7 Å². The summed E-state index contributed by atoms with van der Waals surface area (Å²) < 4.78 is 17.8. The van der Waals surface area contributed by atoms with Crippen molar-refractivity contribution in [3.63, 3.8) is 0 Å². The number of nitrogens with one attached hydrogen (secondary N) is 4. The van der Waals surface area contributed by atoms with Gasteiger partial charge in [-0.05, 0) is 57.9 Å². The summed E-state index contributed by atoms with van der Waals surface area (Å²) >= 11 is 0. The van der Waals surface area contributed by atoms with Gasteiger partial charge >= 0.3 is 5.97 Å². The molecule has 23 heteroatoms. The Balaban J connectivity index is 1.23. The number of methoxy groups -OCH3 is 1. The highest BCUT2D eigenvalue weighted by atomic mass is 16.7. The number of phenols is 3. The van der Waals surface area contributed by atoms with E-state index in [0.29, 0.717) is 5.56 Å². The zero-order valence-corrected chi connectivity index (χ0v) is 40.0. The minimum absolute atomic E-state index is 0.0106. The lowest BCUT2D eigenvalue weighted by Crippen LogP contribution is -2.55. The second-order valence-corrected chi connectivity index (χ2v) is 17.9. The zero-order chi connectivity index (χ0) is 52.8. The maximum Gasteiger partial charge on any atom is 0.322 e. The van der Waals surface area contributed by atoms with E-state index in [9.17, 15) is 63.9 Å². The maximum absolute atomic E-state index is 14.2. The molecule has 3 aromatic rings. The second-order valence-electron chi connectivity index (χ2n) is 17.9. The summed E-state index contributed by atoms with van der Waals surface area (Å²) in [6, 6.07) is 6.47. The highest BCUT2D eigenvalue weighted by Crippen LogP contribution is 2.52. The number of hydrogen-bond acceptors (Lipinski definition) is 18. The average Bonchev–Trinajstić information content (AvgIpc) is 3.32. The SMILES string of the molecule is COc1cccc2c1C(=O)c1c(O)c3c(c(O)c1C2=O)C[C@@](O)(/C(C)=N/OCC(=O)N[C@@H](C)C(=O)N[C@@H](Cc1ccc(O)cc1)C(=O)NCC(=O)O)C[C@@H]3O[C@H]1C[C@H](NC(=O)CCCC(C)=O)[C@H](O)[C@H](C)O1. The van der Waals surface area contributed by atoms with Gasteiger partial charge < -0.3 is 75.7 Å². The van der Waals surface area contributed by atoms with Crippen LogP contribution in [0.4, 0.5) is 0 Å². The van der Waals surface area contributed by atoms with Crippen LogP contribution >= 0.6 is 0 Å². The molecule has 1 heterocycles. The number of hydrogen-bond donors (Lipinski definition) is 10. The molecule has 3 aliphatic rings. The molecule has 23 nitrogen and oxygen atoms in total. The minimum atomic E-state index is -2.15. The first-order valence-electron chi connectivity index (χ1n) is 22.9. The highest BCUT2D eigenvalue weighted by molar-refractivity contribution is 6.31. The molecule has 10 N–H and O–H groups in total. The van der Waals surface area contributed by atoms with Gasteiger partial charge in [0, 0.05) is 55.2 Å². The van der Waals surface area contributed by atoms with Crippen molar-refractivity contribution >= 4 is 52.7 Å². The van der Waals surface area contributed by atoms with Crippen LogP contribution in [0, 0.1) is 0 Å². The third-order valence-corrected chi connectivity index (χ3v) is 12.6. The van der Waals surface area contributed by atoms with Crippen LogP contribution in [0.15, 0.2) is 47.6 Å². The van der Waals surface area contributed by atoms with Gasteiger partial charge in [-0.3, -0.25) is 33.6 Å². The number of phenolic OH excluding ortho intramolecular Hbond substituents is 3. The van der Waals surface area contributed by atoms with Gasteiger partial charge in [0.05, 0.1) is 47.8 Å². The van der Waals surface area contributed by atoms with E-state index in [4.69, 9.17) is 24.2 Å². The Labute approximate surface area is 411 Å². The fourth-order valence-corrected chi connectivity index (χ4v) is 8.83. The van der Waals surface area contributed by atoms with Crippen LogP contribution in [0.2, 0.25) is 0 Å². The molecule has 0 saturated carbocycles. The number of aliphatic hydroxyl groups excluding tert-OH is 1. The molecular formula is C49H57N5O18. The quantitative estimate of drug-likeness (QED) is 0.0334. The number of carboxylic acid groups (broad SMARTS) is 1. The Morgan fingerprint density at radius 3 is 2.26 bits per heavy atom. The van der Waals surface area contributed by atoms with E-state index in [1.807, 2.05) is 0 Å². The molecule has 2 aliphatic carbocycles. The number of carbonyl (C=O) groups excluding carboxylic acids is 7. The van der Waals surface area contributed by atoms with Gasteiger partial charge in [-0.15, -0.1) is 0 Å². The third kappa shape index (κ3) is 12.2. The van der Waals surface area contributed by atoms with Crippen molar-refractivity contribution < 1.29 is 88.0 Å². The summed E-state index contributed by atoms with van der Waals surface area (Å²) in [4.78, 5) is 108. The Hall–Kier alpha value is -7.47. The van der Waals surface area contributed by atoms with E-state index in [2.05, 4.69) is 26.4 Å². The summed E-state index contributed by atoms with van der Waals surface area (Å²) in [5, 5.41) is 79.9. The fraction of sp³-hybridized carbons (Fsp3) is 0.449. The molecule has 0 spiro atoms. The van der Waals surface area contributed by atoms with Gasteiger partial charge in [0.2, 0.25) is 23.5 Å². The number of carboxylic acids is 1. The molecule has 8 atom stereocenters. The number of rotatable bonds is 20. The summed E-state index contributed by atoms with van der Waals surface area (Å²) in [5.74, 6) is -7.64. The largest absolute Gasteiger partial charge is 0.508 e. The van der Waals surface area contributed by atoms with E-state index in [1.54, 1.807) is 0 Å². The molecule has 3 aromatic carbocycles. The summed E-state index contributed by atoms with van der Waals surface area (Å²) in [5.41, 5.74) is -3.63. The second kappa shape index (κ2) is 22.7. The number of amides is 4. The van der Waals surface area contributed by atoms with Crippen LogP contribution in [0.1, 0.15) is 114 Å². The fourth-order valence-electron chi connectivity index (χ4n) is 8.83. The smallest absolute Gasteiger partial charge is 0.322 e. The molecule has 0 radical (unpaired) electrons. The van der Waals surface area contributed by atoms with Gasteiger partial charge in [0.25, 0.3) is 5.91 Å². The predicted molar refractivity (Wildman–Crippen MR) is 249 cm³/mol. The van der Waals surface area contributed by atoms with Crippen LogP contribution < -0.4 is 26.0 Å². The molecule has 0 aromatic heterocycles. The Bertz CT molecular complexity index is 2670. The Kier molecular flexibility index (Phi) is 17.0. The van der Waals surface area contributed by atoms with E-state index >= 15 is 0 Å². The molecule has 1 saturated heterocycles. The normalized spacial score (nSPS) is 22.2. The number of fused-ring (bicyclic) bond motifs is 3. The molecule has 72 heavy (non-hydrogen) atoms. The number of oxime groups is 1. The number of ketones is 3. The molecule has 0 bridgehead atoms. The number of aromatic hydroxyl groups is 3. The number of Topliss-reactive ketones (excluding diaryl/α,β-unsaturated/α-hetero) is 1. The number of aliphatic carboxylic acids is 1. The van der Waals surface area contributed by atoms with Crippen molar-refractivity contribution in [1.29, 1.82) is 0 Å². The average molecular weight is 1000 g/mol. The Morgan fingerprint density at radius 1 is 0.903 bits per heavy atom. The minimum Gasteiger partial charge on any atom is -0.508 e. The monoisotopic (exact) mass is 1000 g/mol. The number of nitrogens with zero attached hydrogens (tertiary/aromatic N) is 1. The van der Waals surface area contributed by atoms with Gasteiger partial charge in [-0.1, -0.05) is 29.4 Å². The predicted octanol–water partition coefficient (Wildman–Crippen LogP) is 0.888. The first-order chi connectivity index (χ1) is 34.0. The lowest BCUT2D eigenvalue weighted by molar-refractivity contribution is -0.248. The summed E-state index contributed by atoms with van der Waals surface area (Å²) in [7, 11) is 1.29. The van der Waals surface area contributed by atoms with Crippen molar-refractivity contribution in [3.05, 3.63) is 81.4 Å². The van der Waals surface area contributed by atoms with Crippen molar-refractivity contribution in [2.45, 2.75) is 121 Å². The van der Waals surface area contributed by atoms with Crippen LogP contribution in [0.3, 0.4) is 0 Å². The van der Waals surface area contributed by atoms with E-state index in [1.165, 1.54) is 77.3 Å². The van der Waals surface area contributed by atoms with E-state index < -0.39 is 138 Å². The van der Waals surface area contributed by atoms with Crippen LogP contribution in [-0.4, -0.2) is 146 Å². The first-order valence-corrected chi connectivity index (χ1v) is 22.9. The van der Waals surface area contributed by atoms with Crippen molar-refractivity contribution in [1.82, 2.24) is 21.3 Å². The highest BCUT2D eigenvalue weighted by Gasteiger charge is 2.49. The molecular weight excluding hydrogens is 947 g/mol. The van der Waals surface area contributed by atoms with Gasteiger partial charge in [0.1, 0.15) is 59.1 Å². The Morgan fingerprint density at radius 2 is 1.60 bits per heavy atom. The van der Waals surface area contributed by atoms with Crippen LogP contribution in [0.5, 0.6) is 23.0 Å². The zero-order valence-electron chi connectivity index (χ0n) is 40.0. The van der Waals surface area contributed by atoms with Gasteiger partial charge in [-0.25, -0.2) is 0 Å². The topological polar surface area (TPSA) is 355 Å². The van der Waals surface area contributed by atoms with E-state index in [-0.39, 0.29) is 77.4 Å². The van der Waals surface area contributed by atoms with E-state index in [0.717, 1.165) is 0 Å². The van der Waals surface area contributed by atoms with Gasteiger partial charge in [-0.2, -0.15) is 0 Å². The molecule has 386 valence electrons. The molecule has 1 fully saturated rings. The molecule has 0 unspecified atom stereocenters. The lowest BCUT2D eigenvalue weighted by Gasteiger charge is -2.43. The van der Waals surface area contributed by atoms with Crippen molar-refractivity contribution in [2.75, 3.05) is 20.3 Å². The van der Waals surface area contributed by atoms with Crippen molar-refractivity contribution in [2.24, 2.45) is 5.16 Å². The number of carbonyl (C=O) groups is 8. The van der Waals surface area contributed by atoms with Crippen molar-refractivity contribution in [3.8, 4) is 23.0 Å². The van der Waals surface area contributed by atoms with Crippen LogP contribution in [0.25, 0.3) is 0 Å². The number of ether oxygens (including phenoxy) is 3. The lowest BCUT2D eigenvalue weighted by atomic mass is 9.72. The molecule has 1 aliphatic heterocycles. The number of benzene rings is 3. The molecule has 6 rings (SSSR count).